The van der Waals surface area contributed by atoms with E-state index < -0.39 is 0 Å². The van der Waals surface area contributed by atoms with E-state index in [2.05, 4.69) is 10.1 Å². The van der Waals surface area contributed by atoms with Gasteiger partial charge in [-0.2, -0.15) is 0 Å². The highest BCUT2D eigenvalue weighted by molar-refractivity contribution is 5.96. The largest absolute Gasteiger partial charge is 0.497 e. The number of amidine groups is 1. The van der Waals surface area contributed by atoms with Crippen LogP contribution in [0.2, 0.25) is 0 Å². The first-order chi connectivity index (χ1) is 10.2. The molecule has 2 rings (SSSR count). The van der Waals surface area contributed by atoms with E-state index in [1.165, 1.54) is 0 Å². The van der Waals surface area contributed by atoms with Gasteiger partial charge in [0.1, 0.15) is 11.4 Å². The van der Waals surface area contributed by atoms with Gasteiger partial charge in [0, 0.05) is 31.0 Å². The number of ether oxygens (including phenoxy) is 1. The Balaban J connectivity index is 2.21. The second-order valence-electron chi connectivity index (χ2n) is 4.55. The van der Waals surface area contributed by atoms with Crippen LogP contribution in [0.3, 0.4) is 0 Å². The Bertz CT molecular complexity index is 626. The molecule has 1 heterocycles. The van der Waals surface area contributed by atoms with Crippen LogP contribution in [0.25, 0.3) is 0 Å². The molecule has 110 valence electrons. The van der Waals surface area contributed by atoms with Gasteiger partial charge >= 0.3 is 0 Å². The summed E-state index contributed by atoms with van der Waals surface area (Å²) in [5.74, 6) is 0.819. The Morgan fingerprint density at radius 2 is 2.05 bits per heavy atom. The lowest BCUT2D eigenvalue weighted by Gasteiger charge is -2.20. The lowest BCUT2D eigenvalue weighted by Crippen LogP contribution is -2.22. The van der Waals surface area contributed by atoms with Gasteiger partial charge in [-0.25, -0.2) is 0 Å². The number of oxime groups is 1. The van der Waals surface area contributed by atoms with E-state index in [1.54, 1.807) is 13.3 Å². The zero-order valence-electron chi connectivity index (χ0n) is 12.0. The predicted molar refractivity (Wildman–Crippen MR) is 81.8 cm³/mol. The van der Waals surface area contributed by atoms with E-state index in [4.69, 9.17) is 15.7 Å². The first kappa shape index (κ1) is 14.6. The molecule has 0 aliphatic carbocycles. The Hall–Kier alpha value is -2.76. The van der Waals surface area contributed by atoms with Gasteiger partial charge in [0.2, 0.25) is 0 Å². The maximum atomic E-state index is 8.82. The standard InChI is InChI=1S/C15H18N4O2/c1-19(12-5-7-13(21-2)8-6-12)10-11-4-3-9-17-14(11)15(16)18-20/h3-9,20H,10H2,1-2H3,(H2,16,18). The molecule has 0 unspecified atom stereocenters. The molecule has 0 spiro atoms. The maximum absolute atomic E-state index is 8.82. The molecule has 21 heavy (non-hydrogen) atoms. The molecule has 0 fully saturated rings. The van der Waals surface area contributed by atoms with Crippen LogP contribution in [0.4, 0.5) is 5.69 Å². The van der Waals surface area contributed by atoms with Crippen molar-refractivity contribution in [3.05, 3.63) is 53.9 Å². The molecule has 6 heteroatoms. The average molecular weight is 286 g/mol. The molecular formula is C15H18N4O2. The zero-order valence-corrected chi connectivity index (χ0v) is 12.0. The summed E-state index contributed by atoms with van der Waals surface area (Å²) < 4.78 is 5.14. The minimum Gasteiger partial charge on any atom is -0.497 e. The Morgan fingerprint density at radius 3 is 2.67 bits per heavy atom. The molecule has 0 aliphatic heterocycles. The number of hydrogen-bond acceptors (Lipinski definition) is 5. The fourth-order valence-electron chi connectivity index (χ4n) is 2.03. The number of anilines is 1. The zero-order chi connectivity index (χ0) is 15.2. The fourth-order valence-corrected chi connectivity index (χ4v) is 2.03. The molecule has 3 N–H and O–H groups in total. The maximum Gasteiger partial charge on any atom is 0.189 e. The second kappa shape index (κ2) is 6.60. The first-order valence-corrected chi connectivity index (χ1v) is 6.42. The quantitative estimate of drug-likeness (QED) is 0.379. The number of nitrogens with two attached hydrogens (primary N) is 1. The van der Waals surface area contributed by atoms with Crippen molar-refractivity contribution in [2.75, 3.05) is 19.1 Å². The van der Waals surface area contributed by atoms with Crippen molar-refractivity contribution >= 4 is 11.5 Å². The highest BCUT2D eigenvalue weighted by Gasteiger charge is 2.10. The molecule has 1 aromatic heterocycles. The summed E-state index contributed by atoms with van der Waals surface area (Å²) in [6.07, 6.45) is 1.62. The van der Waals surface area contributed by atoms with Crippen LogP contribution in [0.15, 0.2) is 47.8 Å². The Kier molecular flexibility index (Phi) is 4.61. The summed E-state index contributed by atoms with van der Waals surface area (Å²) in [5, 5.41) is 11.8. The lowest BCUT2D eigenvalue weighted by atomic mass is 10.1. The summed E-state index contributed by atoms with van der Waals surface area (Å²) in [5.41, 5.74) is 8.05. The van der Waals surface area contributed by atoms with Crippen molar-refractivity contribution in [2.45, 2.75) is 6.54 Å². The van der Waals surface area contributed by atoms with E-state index >= 15 is 0 Å². The molecule has 0 atom stereocenters. The summed E-state index contributed by atoms with van der Waals surface area (Å²) in [6, 6.07) is 11.5. The van der Waals surface area contributed by atoms with Crippen molar-refractivity contribution in [1.29, 1.82) is 0 Å². The molecular weight excluding hydrogens is 268 g/mol. The molecule has 2 aromatic rings. The normalized spacial score (nSPS) is 11.2. The summed E-state index contributed by atoms with van der Waals surface area (Å²) in [7, 11) is 3.60. The van der Waals surface area contributed by atoms with Gasteiger partial charge in [-0.3, -0.25) is 4.98 Å². The number of aromatic nitrogens is 1. The fraction of sp³-hybridized carbons (Fsp3) is 0.200. The van der Waals surface area contributed by atoms with Crippen LogP contribution in [-0.4, -0.2) is 30.2 Å². The van der Waals surface area contributed by atoms with Gasteiger partial charge in [0.05, 0.1) is 7.11 Å². The van der Waals surface area contributed by atoms with E-state index in [-0.39, 0.29) is 5.84 Å². The monoisotopic (exact) mass is 286 g/mol. The molecule has 1 aromatic carbocycles. The molecule has 0 amide bonds. The first-order valence-electron chi connectivity index (χ1n) is 6.42. The highest BCUT2D eigenvalue weighted by Crippen LogP contribution is 2.20. The number of rotatable bonds is 5. The van der Waals surface area contributed by atoms with Gasteiger partial charge in [0.15, 0.2) is 5.84 Å². The van der Waals surface area contributed by atoms with E-state index in [1.807, 2.05) is 48.3 Å². The molecule has 0 saturated carbocycles. The van der Waals surface area contributed by atoms with Crippen molar-refractivity contribution in [2.24, 2.45) is 10.9 Å². The number of pyridine rings is 1. The number of benzene rings is 1. The summed E-state index contributed by atoms with van der Waals surface area (Å²) in [4.78, 5) is 6.21. The van der Waals surface area contributed by atoms with Crippen LogP contribution < -0.4 is 15.4 Å². The number of nitrogens with zero attached hydrogens (tertiary/aromatic N) is 3. The molecule has 0 saturated heterocycles. The lowest BCUT2D eigenvalue weighted by molar-refractivity contribution is 0.318. The molecule has 0 bridgehead atoms. The SMILES string of the molecule is COc1ccc(N(C)Cc2cccnc2C(N)=NO)cc1. The Morgan fingerprint density at radius 1 is 1.33 bits per heavy atom. The molecule has 0 radical (unpaired) electrons. The number of hydrogen-bond donors (Lipinski definition) is 2. The van der Waals surface area contributed by atoms with Crippen LogP contribution in [0.1, 0.15) is 11.3 Å². The van der Waals surface area contributed by atoms with Crippen LogP contribution >= 0.6 is 0 Å². The third-order valence-electron chi connectivity index (χ3n) is 3.16. The van der Waals surface area contributed by atoms with E-state index in [9.17, 15) is 0 Å². The van der Waals surface area contributed by atoms with Crippen LogP contribution in [0, 0.1) is 0 Å². The second-order valence-corrected chi connectivity index (χ2v) is 4.55. The van der Waals surface area contributed by atoms with Crippen molar-refractivity contribution in [3.8, 4) is 5.75 Å². The predicted octanol–water partition coefficient (Wildman–Crippen LogP) is 1.82. The summed E-state index contributed by atoms with van der Waals surface area (Å²) in [6.45, 7) is 0.589. The van der Waals surface area contributed by atoms with Gasteiger partial charge in [-0.15, -0.1) is 0 Å². The smallest absolute Gasteiger partial charge is 0.189 e. The van der Waals surface area contributed by atoms with Crippen LogP contribution in [-0.2, 0) is 6.54 Å². The Labute approximate surface area is 123 Å². The topological polar surface area (TPSA) is 84.0 Å². The molecule has 0 aliphatic rings. The van der Waals surface area contributed by atoms with E-state index in [0.717, 1.165) is 17.0 Å². The third kappa shape index (κ3) is 3.42. The molecule has 6 nitrogen and oxygen atoms in total. The van der Waals surface area contributed by atoms with Crippen molar-refractivity contribution in [1.82, 2.24) is 4.98 Å². The van der Waals surface area contributed by atoms with Crippen molar-refractivity contribution in [3.63, 3.8) is 0 Å². The van der Waals surface area contributed by atoms with Gasteiger partial charge in [-0.1, -0.05) is 11.2 Å². The average Bonchev–Trinajstić information content (AvgIpc) is 2.54. The van der Waals surface area contributed by atoms with Crippen molar-refractivity contribution < 1.29 is 9.94 Å². The van der Waals surface area contributed by atoms with Gasteiger partial charge in [-0.05, 0) is 30.3 Å². The third-order valence-corrected chi connectivity index (χ3v) is 3.16. The number of methoxy groups -OCH3 is 1. The van der Waals surface area contributed by atoms with E-state index in [0.29, 0.717) is 12.2 Å². The van der Waals surface area contributed by atoms with Crippen LogP contribution in [0.5, 0.6) is 5.75 Å². The minimum atomic E-state index is 0.00808. The highest BCUT2D eigenvalue weighted by atomic mass is 16.5. The van der Waals surface area contributed by atoms with Gasteiger partial charge < -0.3 is 20.6 Å². The summed E-state index contributed by atoms with van der Waals surface area (Å²) >= 11 is 0. The minimum absolute atomic E-state index is 0.00808. The van der Waals surface area contributed by atoms with Gasteiger partial charge in [0.25, 0.3) is 0 Å².